The van der Waals surface area contributed by atoms with Crippen LogP contribution in [0.15, 0.2) is 41.4 Å². The number of guanidine groups is 1. The highest BCUT2D eigenvalue weighted by atomic mass is 16.5. The number of hydrogen-bond donors (Lipinski definition) is 1. The zero-order valence-electron chi connectivity index (χ0n) is 19.7. The van der Waals surface area contributed by atoms with E-state index in [9.17, 15) is 0 Å². The lowest BCUT2D eigenvalue weighted by molar-refractivity contribution is 0.347. The summed E-state index contributed by atoms with van der Waals surface area (Å²) in [6.45, 7) is 6.87. The second kappa shape index (κ2) is 11.4. The third-order valence-electron chi connectivity index (χ3n) is 5.53. The van der Waals surface area contributed by atoms with Crippen molar-refractivity contribution >= 4 is 11.6 Å². The monoisotopic (exact) mass is 442 g/mol. The molecule has 8 heteroatoms. The lowest BCUT2D eigenvalue weighted by atomic mass is 10.1. The Kier molecular flexibility index (Phi) is 8.30. The van der Waals surface area contributed by atoms with Crippen molar-refractivity contribution in [2.75, 3.05) is 66.1 Å². The Morgan fingerprint density at radius 3 is 2.09 bits per heavy atom. The van der Waals surface area contributed by atoms with Gasteiger partial charge in [0.25, 0.3) is 0 Å². The van der Waals surface area contributed by atoms with E-state index in [4.69, 9.17) is 23.9 Å². The SMILES string of the molecule is CCNC(=NCc1cc(OC)c(OC)cc1OC)N1CCN(c2ccccc2OC)CC1. The number of methoxy groups -OCH3 is 4. The molecule has 8 nitrogen and oxygen atoms in total. The molecule has 2 aromatic carbocycles. The first-order valence-corrected chi connectivity index (χ1v) is 10.8. The first-order valence-electron chi connectivity index (χ1n) is 10.8. The fourth-order valence-corrected chi connectivity index (χ4v) is 3.85. The average Bonchev–Trinajstić information content (AvgIpc) is 2.86. The molecule has 0 amide bonds. The molecular formula is C24H34N4O4. The Bertz CT molecular complexity index is 911. The van der Waals surface area contributed by atoms with Crippen LogP contribution in [-0.2, 0) is 6.54 Å². The van der Waals surface area contributed by atoms with E-state index < -0.39 is 0 Å². The van der Waals surface area contributed by atoms with Gasteiger partial charge in [0.15, 0.2) is 17.5 Å². The van der Waals surface area contributed by atoms with Gasteiger partial charge >= 0.3 is 0 Å². The maximum Gasteiger partial charge on any atom is 0.194 e. The predicted molar refractivity (Wildman–Crippen MR) is 128 cm³/mol. The molecule has 1 fully saturated rings. The summed E-state index contributed by atoms with van der Waals surface area (Å²) in [6, 6.07) is 11.9. The number of nitrogens with one attached hydrogen (secondary N) is 1. The molecule has 1 N–H and O–H groups in total. The number of aliphatic imine (C=N–C) groups is 1. The first kappa shape index (κ1) is 23.4. The van der Waals surface area contributed by atoms with Gasteiger partial charge in [-0.1, -0.05) is 12.1 Å². The van der Waals surface area contributed by atoms with Gasteiger partial charge in [0.2, 0.25) is 0 Å². The molecule has 0 unspecified atom stereocenters. The molecule has 0 bridgehead atoms. The second-order valence-corrected chi connectivity index (χ2v) is 7.34. The fourth-order valence-electron chi connectivity index (χ4n) is 3.85. The van der Waals surface area contributed by atoms with Crippen LogP contribution < -0.4 is 29.2 Å². The molecule has 174 valence electrons. The van der Waals surface area contributed by atoms with E-state index in [-0.39, 0.29) is 0 Å². The van der Waals surface area contributed by atoms with Crippen LogP contribution in [0.5, 0.6) is 23.0 Å². The summed E-state index contributed by atoms with van der Waals surface area (Å²) in [5.74, 6) is 3.82. The number of anilines is 1. The van der Waals surface area contributed by atoms with Crippen LogP contribution >= 0.6 is 0 Å². The van der Waals surface area contributed by atoms with E-state index in [0.717, 1.165) is 61.4 Å². The van der Waals surface area contributed by atoms with Crippen LogP contribution in [0.1, 0.15) is 12.5 Å². The molecule has 1 heterocycles. The summed E-state index contributed by atoms with van der Waals surface area (Å²) in [6.07, 6.45) is 0. The van der Waals surface area contributed by atoms with E-state index in [2.05, 4.69) is 28.1 Å². The van der Waals surface area contributed by atoms with Gasteiger partial charge in [0.1, 0.15) is 11.5 Å². The smallest absolute Gasteiger partial charge is 0.194 e. The Balaban J connectivity index is 1.74. The summed E-state index contributed by atoms with van der Waals surface area (Å²) in [4.78, 5) is 9.54. The summed E-state index contributed by atoms with van der Waals surface area (Å²) in [5, 5.41) is 3.42. The highest BCUT2D eigenvalue weighted by molar-refractivity contribution is 5.80. The topological polar surface area (TPSA) is 67.8 Å². The molecule has 1 saturated heterocycles. The Morgan fingerprint density at radius 1 is 0.844 bits per heavy atom. The number of nitrogens with zero attached hydrogens (tertiary/aromatic N) is 3. The molecule has 32 heavy (non-hydrogen) atoms. The maximum atomic E-state index is 5.55. The minimum atomic E-state index is 0.471. The van der Waals surface area contributed by atoms with E-state index in [1.54, 1.807) is 28.4 Å². The van der Waals surface area contributed by atoms with Crippen LogP contribution in [0.3, 0.4) is 0 Å². The van der Waals surface area contributed by atoms with Crippen LogP contribution in [0.4, 0.5) is 5.69 Å². The number of ether oxygens (including phenoxy) is 4. The molecule has 1 aliphatic rings. The maximum absolute atomic E-state index is 5.55. The van der Waals surface area contributed by atoms with Gasteiger partial charge in [-0.15, -0.1) is 0 Å². The molecule has 0 spiro atoms. The minimum Gasteiger partial charge on any atom is -0.496 e. The van der Waals surface area contributed by atoms with Gasteiger partial charge in [-0.2, -0.15) is 0 Å². The minimum absolute atomic E-state index is 0.471. The van der Waals surface area contributed by atoms with Crippen molar-refractivity contribution in [3.8, 4) is 23.0 Å². The molecule has 0 atom stereocenters. The Hall–Kier alpha value is -3.29. The quantitative estimate of drug-likeness (QED) is 0.498. The average molecular weight is 443 g/mol. The summed E-state index contributed by atoms with van der Waals surface area (Å²) >= 11 is 0. The summed E-state index contributed by atoms with van der Waals surface area (Å²) in [5.41, 5.74) is 2.07. The van der Waals surface area contributed by atoms with E-state index in [1.165, 1.54) is 0 Å². The molecule has 0 aliphatic carbocycles. The fraction of sp³-hybridized carbons (Fsp3) is 0.458. The van der Waals surface area contributed by atoms with Gasteiger partial charge in [0, 0.05) is 44.4 Å². The molecule has 0 aromatic heterocycles. The summed E-state index contributed by atoms with van der Waals surface area (Å²) < 4.78 is 21.9. The lowest BCUT2D eigenvalue weighted by Gasteiger charge is -2.38. The summed E-state index contributed by atoms with van der Waals surface area (Å²) in [7, 11) is 6.61. The van der Waals surface area contributed by atoms with Crippen molar-refractivity contribution in [2.24, 2.45) is 4.99 Å². The third kappa shape index (κ3) is 5.30. The van der Waals surface area contributed by atoms with Gasteiger partial charge in [0.05, 0.1) is 40.7 Å². The third-order valence-corrected chi connectivity index (χ3v) is 5.53. The van der Waals surface area contributed by atoms with Crippen molar-refractivity contribution < 1.29 is 18.9 Å². The highest BCUT2D eigenvalue weighted by Gasteiger charge is 2.22. The number of para-hydroxylation sites is 2. The molecule has 3 rings (SSSR count). The molecule has 0 radical (unpaired) electrons. The van der Waals surface area contributed by atoms with Gasteiger partial charge in [-0.3, -0.25) is 0 Å². The molecular weight excluding hydrogens is 408 g/mol. The highest BCUT2D eigenvalue weighted by Crippen LogP contribution is 2.35. The van der Waals surface area contributed by atoms with E-state index in [1.807, 2.05) is 30.3 Å². The van der Waals surface area contributed by atoms with Crippen molar-refractivity contribution in [3.05, 3.63) is 42.0 Å². The zero-order chi connectivity index (χ0) is 22.9. The second-order valence-electron chi connectivity index (χ2n) is 7.34. The van der Waals surface area contributed by atoms with Crippen LogP contribution in [0, 0.1) is 0 Å². The van der Waals surface area contributed by atoms with Crippen molar-refractivity contribution in [1.29, 1.82) is 0 Å². The number of benzene rings is 2. The van der Waals surface area contributed by atoms with Gasteiger partial charge < -0.3 is 34.1 Å². The predicted octanol–water partition coefficient (Wildman–Crippen LogP) is 3.01. The Morgan fingerprint density at radius 2 is 1.47 bits per heavy atom. The van der Waals surface area contributed by atoms with Crippen molar-refractivity contribution in [2.45, 2.75) is 13.5 Å². The number of hydrogen-bond acceptors (Lipinski definition) is 6. The first-order chi connectivity index (χ1) is 15.6. The van der Waals surface area contributed by atoms with Crippen molar-refractivity contribution in [3.63, 3.8) is 0 Å². The lowest BCUT2D eigenvalue weighted by Crippen LogP contribution is -2.52. The number of piperazine rings is 1. The molecule has 0 saturated carbocycles. The molecule has 2 aromatic rings. The van der Waals surface area contributed by atoms with Gasteiger partial charge in [-0.25, -0.2) is 4.99 Å². The van der Waals surface area contributed by atoms with Crippen LogP contribution in [0.2, 0.25) is 0 Å². The van der Waals surface area contributed by atoms with E-state index >= 15 is 0 Å². The number of rotatable bonds is 8. The zero-order valence-corrected chi connectivity index (χ0v) is 19.7. The van der Waals surface area contributed by atoms with Crippen LogP contribution in [-0.4, -0.2) is 72.0 Å². The normalized spacial score (nSPS) is 14.2. The van der Waals surface area contributed by atoms with Crippen molar-refractivity contribution in [1.82, 2.24) is 10.2 Å². The largest absolute Gasteiger partial charge is 0.496 e. The Labute approximate surface area is 190 Å². The molecule has 1 aliphatic heterocycles. The standard InChI is InChI=1S/C24H34N4O4/c1-6-25-24(26-17-18-15-22(31-4)23(32-5)16-21(18)30-3)28-13-11-27(12-14-28)19-9-7-8-10-20(19)29-2/h7-10,15-16H,6,11-14,17H2,1-5H3,(H,25,26). The van der Waals surface area contributed by atoms with Gasteiger partial charge in [-0.05, 0) is 25.1 Å². The van der Waals surface area contributed by atoms with Crippen LogP contribution in [0.25, 0.3) is 0 Å². The van der Waals surface area contributed by atoms with E-state index in [0.29, 0.717) is 18.0 Å².